The maximum atomic E-state index is 4.23. The Balaban J connectivity index is 1.74. The molecule has 0 unspecified atom stereocenters. The summed E-state index contributed by atoms with van der Waals surface area (Å²) in [5.74, 6) is 2.19. The Labute approximate surface area is 83.7 Å². The molecule has 0 bridgehead atoms. The van der Waals surface area contributed by atoms with E-state index in [1.165, 1.54) is 25.7 Å². The summed E-state index contributed by atoms with van der Waals surface area (Å²) in [4.78, 5) is 0. The van der Waals surface area contributed by atoms with Crippen molar-refractivity contribution in [2.75, 3.05) is 0 Å². The number of hydrogen-bond acceptors (Lipinski definition) is 3. The van der Waals surface area contributed by atoms with Gasteiger partial charge >= 0.3 is 0 Å². The number of nitrogens with zero attached hydrogens (tertiary/aromatic N) is 3. The lowest BCUT2D eigenvalue weighted by atomic mass is 10.5. The van der Waals surface area contributed by atoms with Gasteiger partial charge < -0.3 is 9.88 Å². The van der Waals surface area contributed by atoms with Gasteiger partial charge in [-0.15, -0.1) is 10.2 Å². The second-order valence-corrected chi connectivity index (χ2v) is 4.42. The van der Waals surface area contributed by atoms with E-state index in [4.69, 9.17) is 0 Å². The van der Waals surface area contributed by atoms with Gasteiger partial charge in [0.1, 0.15) is 11.6 Å². The molecule has 0 saturated heterocycles. The van der Waals surface area contributed by atoms with Crippen molar-refractivity contribution in [3.05, 3.63) is 11.6 Å². The summed E-state index contributed by atoms with van der Waals surface area (Å²) in [7, 11) is 0. The van der Waals surface area contributed by atoms with Gasteiger partial charge in [0.05, 0.1) is 6.54 Å². The third kappa shape index (κ3) is 1.54. The maximum absolute atomic E-state index is 4.23. The summed E-state index contributed by atoms with van der Waals surface area (Å²) in [6.07, 6.45) is 5.26. The Hall–Kier alpha value is -0.900. The Kier molecular flexibility index (Phi) is 1.83. The van der Waals surface area contributed by atoms with Gasteiger partial charge in [0, 0.05) is 12.1 Å². The maximum Gasteiger partial charge on any atom is 0.147 e. The van der Waals surface area contributed by atoms with Crippen molar-refractivity contribution in [2.45, 2.75) is 51.2 Å². The first-order valence-corrected chi connectivity index (χ1v) is 5.48. The Morgan fingerprint density at radius 3 is 2.71 bits per heavy atom. The smallest absolute Gasteiger partial charge is 0.147 e. The van der Waals surface area contributed by atoms with E-state index >= 15 is 0 Å². The molecule has 0 atom stereocenters. The SMILES string of the molecule is Cc1nnc(CNC2CC2)n1C1CC1. The van der Waals surface area contributed by atoms with Crippen LogP contribution in [0.3, 0.4) is 0 Å². The number of nitrogens with one attached hydrogen (secondary N) is 1. The predicted molar refractivity (Wildman–Crippen MR) is 52.9 cm³/mol. The number of hydrogen-bond donors (Lipinski definition) is 1. The molecule has 3 rings (SSSR count). The zero-order valence-corrected chi connectivity index (χ0v) is 8.53. The third-order valence-corrected chi connectivity index (χ3v) is 2.98. The third-order valence-electron chi connectivity index (χ3n) is 2.98. The molecule has 2 saturated carbocycles. The lowest BCUT2D eigenvalue weighted by molar-refractivity contribution is 0.596. The van der Waals surface area contributed by atoms with Crippen molar-refractivity contribution < 1.29 is 0 Å². The van der Waals surface area contributed by atoms with Gasteiger partial charge in [0.2, 0.25) is 0 Å². The Bertz CT molecular complexity index is 336. The van der Waals surface area contributed by atoms with Crippen LogP contribution < -0.4 is 5.32 Å². The van der Waals surface area contributed by atoms with Gasteiger partial charge in [-0.05, 0) is 32.6 Å². The minimum Gasteiger partial charge on any atom is -0.311 e. The van der Waals surface area contributed by atoms with Crippen molar-refractivity contribution in [1.82, 2.24) is 20.1 Å². The van der Waals surface area contributed by atoms with Crippen LogP contribution in [-0.2, 0) is 6.54 Å². The van der Waals surface area contributed by atoms with Crippen LogP contribution in [0.1, 0.15) is 43.4 Å². The van der Waals surface area contributed by atoms with Crippen molar-refractivity contribution in [1.29, 1.82) is 0 Å². The molecule has 0 aliphatic heterocycles. The highest BCUT2D eigenvalue weighted by atomic mass is 15.3. The van der Waals surface area contributed by atoms with Crippen LogP contribution in [-0.4, -0.2) is 20.8 Å². The molecular weight excluding hydrogens is 176 g/mol. The molecule has 1 aromatic heterocycles. The van der Waals surface area contributed by atoms with E-state index in [0.717, 1.165) is 24.2 Å². The van der Waals surface area contributed by atoms with Gasteiger partial charge in [-0.2, -0.15) is 0 Å². The van der Waals surface area contributed by atoms with Crippen molar-refractivity contribution >= 4 is 0 Å². The predicted octanol–water partition coefficient (Wildman–Crippen LogP) is 1.17. The van der Waals surface area contributed by atoms with E-state index < -0.39 is 0 Å². The van der Waals surface area contributed by atoms with E-state index in [1.54, 1.807) is 0 Å². The fraction of sp³-hybridized carbons (Fsp3) is 0.800. The minimum absolute atomic E-state index is 0.695. The van der Waals surface area contributed by atoms with Crippen LogP contribution in [0, 0.1) is 6.92 Å². The van der Waals surface area contributed by atoms with E-state index in [2.05, 4.69) is 20.1 Å². The molecule has 1 heterocycles. The molecule has 0 spiro atoms. The molecule has 1 N–H and O–H groups in total. The zero-order chi connectivity index (χ0) is 9.54. The quantitative estimate of drug-likeness (QED) is 0.778. The monoisotopic (exact) mass is 192 g/mol. The van der Waals surface area contributed by atoms with Crippen LogP contribution in [0.25, 0.3) is 0 Å². The summed E-state index contributed by atoms with van der Waals surface area (Å²) in [6.45, 7) is 2.94. The normalized spacial score (nSPS) is 21.5. The lowest BCUT2D eigenvalue weighted by Gasteiger charge is -2.06. The van der Waals surface area contributed by atoms with Crippen LogP contribution >= 0.6 is 0 Å². The first-order valence-electron chi connectivity index (χ1n) is 5.48. The van der Waals surface area contributed by atoms with Gasteiger partial charge in [-0.1, -0.05) is 0 Å². The second kappa shape index (κ2) is 3.05. The Morgan fingerprint density at radius 1 is 1.29 bits per heavy atom. The molecule has 2 aliphatic carbocycles. The van der Waals surface area contributed by atoms with Gasteiger partial charge in [0.25, 0.3) is 0 Å². The van der Waals surface area contributed by atoms with Crippen LogP contribution in [0.5, 0.6) is 0 Å². The zero-order valence-electron chi connectivity index (χ0n) is 8.53. The molecule has 14 heavy (non-hydrogen) atoms. The summed E-state index contributed by atoms with van der Waals surface area (Å²) in [5, 5.41) is 11.9. The second-order valence-electron chi connectivity index (χ2n) is 4.42. The van der Waals surface area contributed by atoms with Gasteiger partial charge in [-0.25, -0.2) is 0 Å². The summed E-state index contributed by atoms with van der Waals surface area (Å²) < 4.78 is 2.30. The molecule has 1 aromatic rings. The molecule has 0 radical (unpaired) electrons. The topological polar surface area (TPSA) is 42.7 Å². The number of rotatable bonds is 4. The number of aryl methyl sites for hydroxylation is 1. The summed E-state index contributed by atoms with van der Waals surface area (Å²) >= 11 is 0. The molecule has 0 amide bonds. The first-order chi connectivity index (χ1) is 6.84. The van der Waals surface area contributed by atoms with Crippen molar-refractivity contribution in [3.8, 4) is 0 Å². The average Bonchev–Trinajstić information content (AvgIpc) is 3.05. The van der Waals surface area contributed by atoms with Gasteiger partial charge in [-0.3, -0.25) is 0 Å². The largest absolute Gasteiger partial charge is 0.311 e. The van der Waals surface area contributed by atoms with Crippen molar-refractivity contribution in [2.24, 2.45) is 0 Å². The molecule has 4 nitrogen and oxygen atoms in total. The van der Waals surface area contributed by atoms with E-state index in [9.17, 15) is 0 Å². The van der Waals surface area contributed by atoms with Crippen molar-refractivity contribution in [3.63, 3.8) is 0 Å². The summed E-state index contributed by atoms with van der Waals surface area (Å²) in [5.41, 5.74) is 0. The molecule has 4 heteroatoms. The molecule has 0 aromatic carbocycles. The molecule has 76 valence electrons. The van der Waals surface area contributed by atoms with Crippen LogP contribution in [0.4, 0.5) is 0 Å². The van der Waals surface area contributed by atoms with E-state index in [1.807, 2.05) is 6.92 Å². The highest BCUT2D eigenvalue weighted by molar-refractivity contribution is 5.01. The minimum atomic E-state index is 0.695. The highest BCUT2D eigenvalue weighted by Crippen LogP contribution is 2.36. The van der Waals surface area contributed by atoms with E-state index in [0.29, 0.717) is 6.04 Å². The van der Waals surface area contributed by atoms with E-state index in [-0.39, 0.29) is 0 Å². The Morgan fingerprint density at radius 2 is 2.07 bits per heavy atom. The molecule has 2 fully saturated rings. The fourth-order valence-corrected chi connectivity index (χ4v) is 1.86. The molecular formula is C10H16N4. The fourth-order valence-electron chi connectivity index (χ4n) is 1.86. The average molecular weight is 192 g/mol. The standard InChI is InChI=1S/C10H16N4/c1-7-12-13-10(6-11-8-2-3-8)14(7)9-4-5-9/h8-9,11H,2-6H2,1H3. The lowest BCUT2D eigenvalue weighted by Crippen LogP contribution is -2.19. The number of aromatic nitrogens is 3. The first kappa shape index (κ1) is 8.41. The van der Waals surface area contributed by atoms with Crippen LogP contribution in [0.2, 0.25) is 0 Å². The highest BCUT2D eigenvalue weighted by Gasteiger charge is 2.28. The summed E-state index contributed by atoms with van der Waals surface area (Å²) in [6, 6.07) is 1.45. The van der Waals surface area contributed by atoms with Gasteiger partial charge in [0.15, 0.2) is 0 Å². The van der Waals surface area contributed by atoms with Crippen LogP contribution in [0.15, 0.2) is 0 Å². The molecule has 2 aliphatic rings.